The minimum Gasteiger partial charge on any atom is -0.468 e. The van der Waals surface area contributed by atoms with Crippen molar-refractivity contribution in [3.8, 4) is 0 Å². The highest BCUT2D eigenvalue weighted by molar-refractivity contribution is 7.90. The predicted octanol–water partition coefficient (Wildman–Crippen LogP) is 1.19. The third-order valence-corrected chi connectivity index (χ3v) is 4.64. The van der Waals surface area contributed by atoms with Crippen LogP contribution in [0.4, 0.5) is 0 Å². The molecule has 0 radical (unpaired) electrons. The van der Waals surface area contributed by atoms with E-state index in [0.29, 0.717) is 12.8 Å². The van der Waals surface area contributed by atoms with Gasteiger partial charge in [-0.3, -0.25) is 4.79 Å². The fourth-order valence-electron chi connectivity index (χ4n) is 2.44. The highest BCUT2D eigenvalue weighted by Gasteiger charge is 2.40. The monoisotopic (exact) mass is 313 g/mol. The second kappa shape index (κ2) is 7.04. The van der Waals surface area contributed by atoms with Crippen LogP contribution in [0.15, 0.2) is 24.3 Å². The Morgan fingerprint density at radius 1 is 1.38 bits per heavy atom. The van der Waals surface area contributed by atoms with Crippen molar-refractivity contribution in [3.05, 3.63) is 35.4 Å². The maximum Gasteiger partial charge on any atom is 0.317 e. The molecule has 1 atom stereocenters. The summed E-state index contributed by atoms with van der Waals surface area (Å²) in [6, 6.07) is 7.51. The molecule has 0 saturated carbocycles. The average Bonchev–Trinajstić information content (AvgIpc) is 2.42. The second-order valence-corrected chi connectivity index (χ2v) is 7.64. The van der Waals surface area contributed by atoms with Gasteiger partial charge in [0.2, 0.25) is 0 Å². The van der Waals surface area contributed by atoms with Crippen molar-refractivity contribution in [1.29, 1.82) is 0 Å². The summed E-state index contributed by atoms with van der Waals surface area (Å²) in [5.74, 6) is -0.401. The Labute approximate surface area is 126 Å². The largest absolute Gasteiger partial charge is 0.468 e. The van der Waals surface area contributed by atoms with Gasteiger partial charge in [0.05, 0.1) is 7.11 Å². The number of nitrogens with two attached hydrogens (primary N) is 1. The molecule has 0 amide bonds. The minimum absolute atomic E-state index is 0.0254. The molecule has 0 bridgehead atoms. The Balaban J connectivity index is 3.13. The molecule has 2 N–H and O–H groups in total. The molecule has 1 unspecified atom stereocenters. The predicted molar refractivity (Wildman–Crippen MR) is 82.9 cm³/mol. The average molecular weight is 313 g/mol. The standard InChI is InChI=1S/C15H23NO4S/c1-12-6-4-7-13(10-12)15(11-16,14(17)20-2)8-5-9-21(3,18)19/h4,6-7,10H,5,8-9,11,16H2,1-3H3. The number of benzene rings is 1. The Morgan fingerprint density at radius 3 is 2.52 bits per heavy atom. The van der Waals surface area contributed by atoms with Gasteiger partial charge in [0, 0.05) is 18.6 Å². The molecule has 5 nitrogen and oxygen atoms in total. The van der Waals surface area contributed by atoms with Crippen LogP contribution in [0.1, 0.15) is 24.0 Å². The van der Waals surface area contributed by atoms with Gasteiger partial charge in [0.15, 0.2) is 0 Å². The SMILES string of the molecule is COC(=O)C(CN)(CCCS(C)(=O)=O)c1cccc(C)c1. The number of hydrogen-bond donors (Lipinski definition) is 1. The van der Waals surface area contributed by atoms with E-state index in [2.05, 4.69) is 0 Å². The summed E-state index contributed by atoms with van der Waals surface area (Å²) >= 11 is 0. The molecule has 6 heteroatoms. The molecule has 118 valence electrons. The summed E-state index contributed by atoms with van der Waals surface area (Å²) in [7, 11) is -1.75. The van der Waals surface area contributed by atoms with Gasteiger partial charge in [0.25, 0.3) is 0 Å². The number of rotatable bonds is 7. The van der Waals surface area contributed by atoms with Crippen LogP contribution in [0, 0.1) is 6.92 Å². The van der Waals surface area contributed by atoms with Crippen LogP contribution in [0.5, 0.6) is 0 Å². The molecular formula is C15H23NO4S. The molecule has 1 aromatic rings. The Kier molecular flexibility index (Phi) is 5.92. The van der Waals surface area contributed by atoms with E-state index in [1.165, 1.54) is 13.4 Å². The summed E-state index contributed by atoms with van der Waals surface area (Å²) in [6.07, 6.45) is 1.88. The number of carbonyl (C=O) groups is 1. The van der Waals surface area contributed by atoms with Crippen LogP contribution in [-0.4, -0.2) is 40.1 Å². The maximum atomic E-state index is 12.3. The van der Waals surface area contributed by atoms with Gasteiger partial charge in [-0.1, -0.05) is 29.8 Å². The number of methoxy groups -OCH3 is 1. The number of carbonyl (C=O) groups excluding carboxylic acids is 1. The zero-order valence-electron chi connectivity index (χ0n) is 12.8. The Bertz CT molecular complexity index is 597. The molecule has 0 heterocycles. The first-order valence-corrected chi connectivity index (χ1v) is 8.84. The molecule has 0 aliphatic rings. The van der Waals surface area contributed by atoms with Crippen LogP contribution in [0.2, 0.25) is 0 Å². The second-order valence-electron chi connectivity index (χ2n) is 5.38. The summed E-state index contributed by atoms with van der Waals surface area (Å²) in [6.45, 7) is 2.01. The van der Waals surface area contributed by atoms with E-state index in [0.717, 1.165) is 11.1 Å². The lowest BCUT2D eigenvalue weighted by molar-refractivity contribution is -0.147. The number of aryl methyl sites for hydroxylation is 1. The van der Waals surface area contributed by atoms with Crippen molar-refractivity contribution in [2.75, 3.05) is 25.7 Å². The van der Waals surface area contributed by atoms with E-state index in [4.69, 9.17) is 10.5 Å². The molecule has 1 aromatic carbocycles. The molecule has 0 saturated heterocycles. The summed E-state index contributed by atoms with van der Waals surface area (Å²) in [5.41, 5.74) is 6.65. The van der Waals surface area contributed by atoms with Crippen LogP contribution in [0.3, 0.4) is 0 Å². The molecular weight excluding hydrogens is 290 g/mol. The molecule has 21 heavy (non-hydrogen) atoms. The van der Waals surface area contributed by atoms with Crippen molar-refractivity contribution < 1.29 is 17.9 Å². The highest BCUT2D eigenvalue weighted by atomic mass is 32.2. The van der Waals surface area contributed by atoms with E-state index < -0.39 is 21.2 Å². The molecule has 0 fully saturated rings. The van der Waals surface area contributed by atoms with Crippen LogP contribution >= 0.6 is 0 Å². The third kappa shape index (κ3) is 4.54. The Morgan fingerprint density at radius 2 is 2.05 bits per heavy atom. The van der Waals surface area contributed by atoms with Gasteiger partial charge in [0.1, 0.15) is 15.3 Å². The van der Waals surface area contributed by atoms with Gasteiger partial charge >= 0.3 is 5.97 Å². The summed E-state index contributed by atoms with van der Waals surface area (Å²) in [4.78, 5) is 12.3. The zero-order valence-corrected chi connectivity index (χ0v) is 13.6. The van der Waals surface area contributed by atoms with Gasteiger partial charge in [-0.25, -0.2) is 8.42 Å². The number of sulfone groups is 1. The van der Waals surface area contributed by atoms with Crippen molar-refractivity contribution in [2.45, 2.75) is 25.2 Å². The van der Waals surface area contributed by atoms with Crippen molar-refractivity contribution in [2.24, 2.45) is 5.73 Å². The van der Waals surface area contributed by atoms with Gasteiger partial charge < -0.3 is 10.5 Å². The van der Waals surface area contributed by atoms with E-state index >= 15 is 0 Å². The van der Waals surface area contributed by atoms with Crippen molar-refractivity contribution >= 4 is 15.8 Å². The van der Waals surface area contributed by atoms with E-state index in [1.54, 1.807) is 0 Å². The first kappa shape index (κ1) is 17.7. The van der Waals surface area contributed by atoms with Gasteiger partial charge in [-0.2, -0.15) is 0 Å². The van der Waals surface area contributed by atoms with Crippen molar-refractivity contribution in [3.63, 3.8) is 0 Å². The topological polar surface area (TPSA) is 86.5 Å². The number of esters is 1. The molecule has 1 rings (SSSR count). The number of ether oxygens (including phenoxy) is 1. The fourth-order valence-corrected chi connectivity index (χ4v) is 3.11. The summed E-state index contributed by atoms with van der Waals surface area (Å²) < 4.78 is 27.5. The molecule has 0 aliphatic heterocycles. The van der Waals surface area contributed by atoms with Gasteiger partial charge in [-0.05, 0) is 25.3 Å². The zero-order chi connectivity index (χ0) is 16.1. The smallest absolute Gasteiger partial charge is 0.317 e. The fraction of sp³-hybridized carbons (Fsp3) is 0.533. The van der Waals surface area contributed by atoms with Crippen molar-refractivity contribution in [1.82, 2.24) is 0 Å². The third-order valence-electron chi connectivity index (χ3n) is 3.61. The highest BCUT2D eigenvalue weighted by Crippen LogP contribution is 2.31. The van der Waals surface area contributed by atoms with Crippen LogP contribution < -0.4 is 5.73 Å². The lowest BCUT2D eigenvalue weighted by atomic mass is 9.76. The van der Waals surface area contributed by atoms with E-state index in [9.17, 15) is 13.2 Å². The minimum atomic E-state index is -3.07. The van der Waals surface area contributed by atoms with E-state index in [1.807, 2.05) is 31.2 Å². The first-order chi connectivity index (χ1) is 9.75. The quantitative estimate of drug-likeness (QED) is 0.764. The number of hydrogen-bond acceptors (Lipinski definition) is 5. The van der Waals surface area contributed by atoms with Gasteiger partial charge in [-0.15, -0.1) is 0 Å². The first-order valence-electron chi connectivity index (χ1n) is 6.78. The van der Waals surface area contributed by atoms with Crippen LogP contribution in [-0.2, 0) is 24.8 Å². The lowest BCUT2D eigenvalue weighted by Crippen LogP contribution is -2.44. The lowest BCUT2D eigenvalue weighted by Gasteiger charge is -2.30. The normalized spacial score (nSPS) is 14.5. The molecule has 0 spiro atoms. The molecule has 0 aliphatic carbocycles. The summed E-state index contributed by atoms with van der Waals surface area (Å²) in [5, 5.41) is 0. The Hall–Kier alpha value is -1.40. The van der Waals surface area contributed by atoms with E-state index in [-0.39, 0.29) is 12.3 Å². The van der Waals surface area contributed by atoms with Crippen LogP contribution in [0.25, 0.3) is 0 Å². The maximum absolute atomic E-state index is 12.3. The molecule has 0 aromatic heterocycles.